The first-order valence-corrected chi connectivity index (χ1v) is 8.03. The van der Waals surface area contributed by atoms with Crippen LogP contribution in [-0.4, -0.2) is 35.1 Å². The molecular formula is C15H16BrN5O2. The average molecular weight is 378 g/mol. The molecule has 1 aromatic heterocycles. The van der Waals surface area contributed by atoms with E-state index in [1.165, 1.54) is 0 Å². The van der Waals surface area contributed by atoms with Crippen molar-refractivity contribution in [3.05, 3.63) is 45.7 Å². The molecule has 0 aliphatic carbocycles. The Hall–Kier alpha value is -2.19. The van der Waals surface area contributed by atoms with Crippen LogP contribution in [0.2, 0.25) is 0 Å². The van der Waals surface area contributed by atoms with E-state index in [4.69, 9.17) is 0 Å². The predicted octanol–water partition coefficient (Wildman–Crippen LogP) is 1.19. The van der Waals surface area contributed by atoms with Gasteiger partial charge in [0.1, 0.15) is 0 Å². The molecule has 8 heteroatoms. The molecule has 0 saturated carbocycles. The van der Waals surface area contributed by atoms with Gasteiger partial charge in [-0.1, -0.05) is 15.9 Å². The minimum atomic E-state index is -0.350. The molecule has 1 aliphatic rings. The van der Waals surface area contributed by atoms with Gasteiger partial charge in [-0.2, -0.15) is 5.10 Å². The number of anilines is 1. The third-order valence-corrected chi connectivity index (χ3v) is 4.09. The van der Waals surface area contributed by atoms with Crippen molar-refractivity contribution >= 4 is 33.4 Å². The minimum absolute atomic E-state index is 0.107. The SMILES string of the molecule is O=C(CNC(=O)c1n[nH]c2c1CNCC2)Nc1ccc(Br)cc1. The number of hydrogen-bond donors (Lipinski definition) is 4. The minimum Gasteiger partial charge on any atom is -0.342 e. The normalized spacial score (nSPS) is 13.3. The van der Waals surface area contributed by atoms with E-state index in [9.17, 15) is 9.59 Å². The summed E-state index contributed by atoms with van der Waals surface area (Å²) in [5, 5.41) is 15.5. The number of H-pyrrole nitrogens is 1. The number of amides is 2. The van der Waals surface area contributed by atoms with E-state index in [2.05, 4.69) is 42.1 Å². The molecular weight excluding hydrogens is 362 g/mol. The van der Waals surface area contributed by atoms with Crippen LogP contribution in [0, 0.1) is 0 Å². The van der Waals surface area contributed by atoms with E-state index < -0.39 is 0 Å². The summed E-state index contributed by atoms with van der Waals surface area (Å²) < 4.78 is 0.931. The summed E-state index contributed by atoms with van der Waals surface area (Å²) >= 11 is 3.33. The molecule has 1 aromatic carbocycles. The van der Waals surface area contributed by atoms with Crippen molar-refractivity contribution in [3.8, 4) is 0 Å². The molecule has 7 nitrogen and oxygen atoms in total. The second kappa shape index (κ2) is 6.93. The molecule has 0 bridgehead atoms. The van der Waals surface area contributed by atoms with E-state index in [1.54, 1.807) is 12.1 Å². The first-order chi connectivity index (χ1) is 11.1. The molecule has 2 amide bonds. The van der Waals surface area contributed by atoms with Crippen molar-refractivity contribution in [1.29, 1.82) is 0 Å². The Morgan fingerprint density at radius 1 is 1.26 bits per heavy atom. The molecule has 0 spiro atoms. The number of carbonyl (C=O) groups is 2. The Balaban J connectivity index is 1.55. The molecule has 0 fully saturated rings. The van der Waals surface area contributed by atoms with Gasteiger partial charge in [-0.3, -0.25) is 14.7 Å². The van der Waals surface area contributed by atoms with Gasteiger partial charge in [0, 0.05) is 40.9 Å². The summed E-state index contributed by atoms with van der Waals surface area (Å²) in [5.41, 5.74) is 2.88. The number of hydrogen-bond acceptors (Lipinski definition) is 4. The zero-order valence-electron chi connectivity index (χ0n) is 12.3. The van der Waals surface area contributed by atoms with Crippen molar-refractivity contribution in [2.75, 3.05) is 18.4 Å². The maximum Gasteiger partial charge on any atom is 0.272 e. The summed E-state index contributed by atoms with van der Waals surface area (Å²) in [6.45, 7) is 1.37. The Morgan fingerprint density at radius 3 is 2.83 bits per heavy atom. The highest BCUT2D eigenvalue weighted by molar-refractivity contribution is 9.10. The van der Waals surface area contributed by atoms with Gasteiger partial charge in [0.2, 0.25) is 5.91 Å². The monoisotopic (exact) mass is 377 g/mol. The van der Waals surface area contributed by atoms with Crippen LogP contribution in [0.15, 0.2) is 28.7 Å². The largest absolute Gasteiger partial charge is 0.342 e. The molecule has 120 valence electrons. The average Bonchev–Trinajstić information content (AvgIpc) is 2.99. The number of benzene rings is 1. The summed E-state index contributed by atoms with van der Waals surface area (Å²) in [4.78, 5) is 24.1. The lowest BCUT2D eigenvalue weighted by Gasteiger charge is -2.12. The fourth-order valence-corrected chi connectivity index (χ4v) is 2.66. The van der Waals surface area contributed by atoms with Gasteiger partial charge in [-0.25, -0.2) is 0 Å². The summed E-state index contributed by atoms with van der Waals surface area (Å²) in [6.07, 6.45) is 0.819. The molecule has 1 aliphatic heterocycles. The number of nitrogens with zero attached hydrogens (tertiary/aromatic N) is 1. The van der Waals surface area contributed by atoms with Crippen molar-refractivity contribution in [1.82, 2.24) is 20.8 Å². The number of carbonyl (C=O) groups excluding carboxylic acids is 2. The highest BCUT2D eigenvalue weighted by atomic mass is 79.9. The highest BCUT2D eigenvalue weighted by Gasteiger charge is 2.21. The topological polar surface area (TPSA) is 98.9 Å². The van der Waals surface area contributed by atoms with Crippen LogP contribution in [0.25, 0.3) is 0 Å². The summed E-state index contributed by atoms with van der Waals surface area (Å²) in [7, 11) is 0. The molecule has 3 rings (SSSR count). The molecule has 2 heterocycles. The van der Waals surface area contributed by atoms with Crippen molar-refractivity contribution < 1.29 is 9.59 Å². The van der Waals surface area contributed by atoms with Crippen LogP contribution in [0.4, 0.5) is 5.69 Å². The molecule has 0 saturated heterocycles. The number of rotatable bonds is 4. The molecule has 0 radical (unpaired) electrons. The first-order valence-electron chi connectivity index (χ1n) is 7.24. The summed E-state index contributed by atoms with van der Waals surface area (Å²) in [5.74, 6) is -0.639. The van der Waals surface area contributed by atoms with Crippen LogP contribution in [0.1, 0.15) is 21.7 Å². The van der Waals surface area contributed by atoms with E-state index in [0.29, 0.717) is 17.9 Å². The van der Waals surface area contributed by atoms with E-state index >= 15 is 0 Å². The van der Waals surface area contributed by atoms with Crippen molar-refractivity contribution in [2.45, 2.75) is 13.0 Å². The van der Waals surface area contributed by atoms with Gasteiger partial charge >= 0.3 is 0 Å². The zero-order chi connectivity index (χ0) is 16.2. The predicted molar refractivity (Wildman–Crippen MR) is 89.1 cm³/mol. The second-order valence-corrected chi connectivity index (χ2v) is 6.11. The number of aromatic nitrogens is 2. The van der Waals surface area contributed by atoms with Crippen molar-refractivity contribution in [3.63, 3.8) is 0 Å². The van der Waals surface area contributed by atoms with E-state index in [-0.39, 0.29) is 18.4 Å². The number of nitrogens with one attached hydrogen (secondary N) is 4. The van der Waals surface area contributed by atoms with Crippen LogP contribution in [0.5, 0.6) is 0 Å². The summed E-state index contributed by atoms with van der Waals surface area (Å²) in [6, 6.07) is 7.22. The van der Waals surface area contributed by atoms with Crippen LogP contribution < -0.4 is 16.0 Å². The lowest BCUT2D eigenvalue weighted by Crippen LogP contribution is -2.34. The van der Waals surface area contributed by atoms with Crippen LogP contribution >= 0.6 is 15.9 Å². The fourth-order valence-electron chi connectivity index (χ4n) is 2.40. The van der Waals surface area contributed by atoms with Crippen LogP contribution in [0.3, 0.4) is 0 Å². The quantitative estimate of drug-likeness (QED) is 0.642. The molecule has 0 atom stereocenters. The Labute approximate surface area is 141 Å². The van der Waals surface area contributed by atoms with Gasteiger partial charge in [-0.15, -0.1) is 0 Å². The van der Waals surface area contributed by atoms with Gasteiger partial charge in [0.15, 0.2) is 5.69 Å². The van der Waals surface area contributed by atoms with E-state index in [0.717, 1.165) is 28.7 Å². The smallest absolute Gasteiger partial charge is 0.272 e. The third-order valence-electron chi connectivity index (χ3n) is 3.56. The number of aromatic amines is 1. The Bertz CT molecular complexity index is 726. The number of halogens is 1. The van der Waals surface area contributed by atoms with Gasteiger partial charge in [-0.05, 0) is 24.3 Å². The molecule has 23 heavy (non-hydrogen) atoms. The lowest BCUT2D eigenvalue weighted by atomic mass is 10.1. The maximum absolute atomic E-state index is 12.2. The second-order valence-electron chi connectivity index (χ2n) is 5.19. The van der Waals surface area contributed by atoms with Gasteiger partial charge in [0.25, 0.3) is 5.91 Å². The Kier molecular flexibility index (Phi) is 4.73. The maximum atomic E-state index is 12.2. The van der Waals surface area contributed by atoms with Crippen molar-refractivity contribution in [2.24, 2.45) is 0 Å². The lowest BCUT2D eigenvalue weighted by molar-refractivity contribution is -0.115. The number of fused-ring (bicyclic) bond motifs is 1. The fraction of sp³-hybridized carbons (Fsp3) is 0.267. The Morgan fingerprint density at radius 2 is 2.04 bits per heavy atom. The zero-order valence-corrected chi connectivity index (χ0v) is 13.9. The highest BCUT2D eigenvalue weighted by Crippen LogP contribution is 2.15. The molecule has 2 aromatic rings. The van der Waals surface area contributed by atoms with E-state index in [1.807, 2.05) is 12.1 Å². The first kappa shape index (κ1) is 15.7. The molecule has 4 N–H and O–H groups in total. The molecule has 0 unspecified atom stereocenters. The standard InChI is InChI=1S/C15H16BrN5O2/c16-9-1-3-10(4-2-9)19-13(22)8-18-15(23)14-11-7-17-6-5-12(11)20-21-14/h1-4,17H,5-8H2,(H,18,23)(H,19,22)(H,20,21). The van der Waals surface area contributed by atoms with Gasteiger partial charge in [0.05, 0.1) is 6.54 Å². The van der Waals surface area contributed by atoms with Gasteiger partial charge < -0.3 is 16.0 Å². The van der Waals surface area contributed by atoms with Crippen LogP contribution in [-0.2, 0) is 17.8 Å². The third kappa shape index (κ3) is 3.77.